The van der Waals surface area contributed by atoms with Gasteiger partial charge in [0.15, 0.2) is 11.9 Å². The second-order valence-corrected chi connectivity index (χ2v) is 7.88. The zero-order valence-electron chi connectivity index (χ0n) is 14.5. The number of ether oxygens (including phenoxy) is 2. The number of ketones is 1. The van der Waals surface area contributed by atoms with Crippen molar-refractivity contribution in [3.05, 3.63) is 12.2 Å². The van der Waals surface area contributed by atoms with Crippen LogP contribution in [-0.4, -0.2) is 29.6 Å². The lowest BCUT2D eigenvalue weighted by atomic mass is 9.69. The standard InChI is InChI=1S/C18H28O4/c1-11-7-9-14(20)16(21-12(2)19)18(6)13(11)8-10-15(18)22-17(3,4)5/h7,9,11,13,15-16H,8,10H2,1-6H3. The Hall–Kier alpha value is -1.16. The third-order valence-electron chi connectivity index (χ3n) is 5.03. The normalized spacial score (nSPS) is 38.5. The van der Waals surface area contributed by atoms with E-state index >= 15 is 0 Å². The van der Waals surface area contributed by atoms with Gasteiger partial charge in [-0.15, -0.1) is 0 Å². The molecule has 0 saturated heterocycles. The van der Waals surface area contributed by atoms with Crippen molar-refractivity contribution in [2.24, 2.45) is 17.3 Å². The highest BCUT2D eigenvalue weighted by molar-refractivity contribution is 5.96. The smallest absolute Gasteiger partial charge is 0.303 e. The summed E-state index contributed by atoms with van der Waals surface area (Å²) in [6.45, 7) is 11.6. The van der Waals surface area contributed by atoms with E-state index in [0.717, 1.165) is 12.8 Å². The van der Waals surface area contributed by atoms with E-state index in [1.807, 2.05) is 26.8 Å². The van der Waals surface area contributed by atoms with Crippen LogP contribution in [0.1, 0.15) is 54.4 Å². The minimum absolute atomic E-state index is 0.0897. The second-order valence-electron chi connectivity index (χ2n) is 7.88. The summed E-state index contributed by atoms with van der Waals surface area (Å²) in [6, 6.07) is 0. The molecular weight excluding hydrogens is 280 g/mol. The van der Waals surface area contributed by atoms with Crippen LogP contribution in [0.15, 0.2) is 12.2 Å². The first-order valence-corrected chi connectivity index (χ1v) is 8.13. The van der Waals surface area contributed by atoms with Crippen molar-refractivity contribution in [2.75, 3.05) is 0 Å². The third-order valence-corrected chi connectivity index (χ3v) is 5.03. The molecule has 4 nitrogen and oxygen atoms in total. The number of allylic oxidation sites excluding steroid dienone is 1. The SMILES string of the molecule is CC(=O)OC1C(=O)C=CC(C)C2CCC(OC(C)(C)C)C12C. The van der Waals surface area contributed by atoms with Gasteiger partial charge in [-0.2, -0.15) is 0 Å². The van der Waals surface area contributed by atoms with Gasteiger partial charge in [0.1, 0.15) is 0 Å². The van der Waals surface area contributed by atoms with E-state index in [9.17, 15) is 9.59 Å². The fourth-order valence-electron chi connectivity index (χ4n) is 4.12. The number of carbonyl (C=O) groups excluding carboxylic acids is 2. The third kappa shape index (κ3) is 3.12. The van der Waals surface area contributed by atoms with E-state index < -0.39 is 17.5 Å². The van der Waals surface area contributed by atoms with Gasteiger partial charge in [0.2, 0.25) is 0 Å². The Labute approximate surface area is 133 Å². The Balaban J connectivity index is 2.43. The number of fused-ring (bicyclic) bond motifs is 1. The quantitative estimate of drug-likeness (QED) is 0.735. The van der Waals surface area contributed by atoms with Crippen LogP contribution in [0.3, 0.4) is 0 Å². The molecule has 0 N–H and O–H groups in total. The molecule has 0 aromatic carbocycles. The number of hydrogen-bond donors (Lipinski definition) is 0. The molecule has 124 valence electrons. The minimum atomic E-state index is -0.758. The molecule has 0 spiro atoms. The minimum Gasteiger partial charge on any atom is -0.453 e. The number of carbonyl (C=O) groups is 2. The molecule has 2 aliphatic carbocycles. The largest absolute Gasteiger partial charge is 0.453 e. The van der Waals surface area contributed by atoms with Gasteiger partial charge in [-0.25, -0.2) is 0 Å². The van der Waals surface area contributed by atoms with Crippen molar-refractivity contribution in [2.45, 2.75) is 72.2 Å². The molecule has 1 saturated carbocycles. The summed E-state index contributed by atoms with van der Waals surface area (Å²) in [5, 5.41) is 0. The van der Waals surface area contributed by atoms with E-state index in [1.54, 1.807) is 6.08 Å². The van der Waals surface area contributed by atoms with Gasteiger partial charge in [0, 0.05) is 12.3 Å². The molecule has 2 rings (SSSR count). The molecular formula is C18H28O4. The molecule has 0 bridgehead atoms. The fraction of sp³-hybridized carbons (Fsp3) is 0.778. The summed E-state index contributed by atoms with van der Waals surface area (Å²) >= 11 is 0. The molecule has 1 fully saturated rings. The van der Waals surface area contributed by atoms with Gasteiger partial charge >= 0.3 is 5.97 Å². The molecule has 5 atom stereocenters. The summed E-state index contributed by atoms with van der Waals surface area (Å²) in [6.07, 6.45) is 4.55. The lowest BCUT2D eigenvalue weighted by Gasteiger charge is -2.43. The Morgan fingerprint density at radius 1 is 1.32 bits per heavy atom. The first-order valence-electron chi connectivity index (χ1n) is 8.13. The van der Waals surface area contributed by atoms with Gasteiger partial charge in [-0.05, 0) is 51.5 Å². The van der Waals surface area contributed by atoms with Crippen LogP contribution < -0.4 is 0 Å². The zero-order valence-corrected chi connectivity index (χ0v) is 14.5. The Morgan fingerprint density at radius 3 is 2.50 bits per heavy atom. The van der Waals surface area contributed by atoms with E-state index in [1.165, 1.54) is 6.92 Å². The van der Waals surface area contributed by atoms with E-state index in [4.69, 9.17) is 9.47 Å². The van der Waals surface area contributed by atoms with Crippen LogP contribution in [0, 0.1) is 17.3 Å². The van der Waals surface area contributed by atoms with Gasteiger partial charge < -0.3 is 9.47 Å². The predicted octanol–water partition coefficient (Wildman–Crippen LogP) is 3.29. The van der Waals surface area contributed by atoms with Gasteiger partial charge in [0.05, 0.1) is 11.7 Å². The molecule has 0 amide bonds. The molecule has 4 heteroatoms. The van der Waals surface area contributed by atoms with Crippen molar-refractivity contribution >= 4 is 11.8 Å². The second kappa shape index (κ2) is 5.80. The molecule has 0 aromatic rings. The topological polar surface area (TPSA) is 52.6 Å². The lowest BCUT2D eigenvalue weighted by molar-refractivity contribution is -0.179. The summed E-state index contributed by atoms with van der Waals surface area (Å²) in [5.41, 5.74) is -0.783. The zero-order chi connectivity index (χ0) is 16.7. The maximum absolute atomic E-state index is 12.5. The predicted molar refractivity (Wildman–Crippen MR) is 84.3 cm³/mol. The van der Waals surface area contributed by atoms with Crippen LogP contribution in [0.25, 0.3) is 0 Å². The summed E-state index contributed by atoms with van der Waals surface area (Å²) in [5.74, 6) is -0.00544. The summed E-state index contributed by atoms with van der Waals surface area (Å²) in [7, 11) is 0. The highest BCUT2D eigenvalue weighted by atomic mass is 16.6. The number of esters is 1. The van der Waals surface area contributed by atoms with Gasteiger partial charge in [-0.1, -0.05) is 19.9 Å². The Bertz CT molecular complexity index is 488. The molecule has 0 radical (unpaired) electrons. The van der Waals surface area contributed by atoms with Crippen molar-refractivity contribution in [1.29, 1.82) is 0 Å². The maximum atomic E-state index is 12.5. The average Bonchev–Trinajstić information content (AvgIpc) is 2.64. The highest BCUT2D eigenvalue weighted by Crippen LogP contribution is 2.54. The monoisotopic (exact) mass is 308 g/mol. The first kappa shape index (κ1) is 17.2. The van der Waals surface area contributed by atoms with Crippen molar-refractivity contribution < 1.29 is 19.1 Å². The van der Waals surface area contributed by atoms with E-state index in [-0.39, 0.29) is 29.3 Å². The molecule has 0 aromatic heterocycles. The van der Waals surface area contributed by atoms with Crippen LogP contribution in [0.5, 0.6) is 0 Å². The molecule has 2 aliphatic rings. The maximum Gasteiger partial charge on any atom is 0.303 e. The summed E-state index contributed by atoms with van der Waals surface area (Å²) in [4.78, 5) is 24.1. The van der Waals surface area contributed by atoms with Gasteiger partial charge in [-0.3, -0.25) is 9.59 Å². The average molecular weight is 308 g/mol. The number of rotatable bonds is 2. The first-order chi connectivity index (χ1) is 10.1. The molecule has 5 unspecified atom stereocenters. The van der Waals surface area contributed by atoms with Crippen LogP contribution >= 0.6 is 0 Å². The molecule has 0 aliphatic heterocycles. The van der Waals surface area contributed by atoms with Crippen LogP contribution in [0.4, 0.5) is 0 Å². The molecule has 22 heavy (non-hydrogen) atoms. The lowest BCUT2D eigenvalue weighted by Crippen LogP contribution is -2.52. The van der Waals surface area contributed by atoms with Crippen LogP contribution in [0.2, 0.25) is 0 Å². The van der Waals surface area contributed by atoms with Crippen molar-refractivity contribution in [3.8, 4) is 0 Å². The Morgan fingerprint density at radius 2 is 1.95 bits per heavy atom. The van der Waals surface area contributed by atoms with Crippen molar-refractivity contribution in [3.63, 3.8) is 0 Å². The molecule has 0 heterocycles. The highest BCUT2D eigenvalue weighted by Gasteiger charge is 2.58. The number of hydrogen-bond acceptors (Lipinski definition) is 4. The summed E-state index contributed by atoms with van der Waals surface area (Å²) < 4.78 is 11.7. The van der Waals surface area contributed by atoms with E-state index in [2.05, 4.69) is 13.8 Å². The van der Waals surface area contributed by atoms with Crippen LogP contribution in [-0.2, 0) is 19.1 Å². The van der Waals surface area contributed by atoms with Crippen molar-refractivity contribution in [1.82, 2.24) is 0 Å². The Kier molecular flexibility index (Phi) is 4.54. The fourth-order valence-corrected chi connectivity index (χ4v) is 4.12. The van der Waals surface area contributed by atoms with Gasteiger partial charge in [0.25, 0.3) is 0 Å². The van der Waals surface area contributed by atoms with E-state index in [0.29, 0.717) is 0 Å².